The van der Waals surface area contributed by atoms with Crippen LogP contribution in [-0.2, 0) is 0 Å². The van der Waals surface area contributed by atoms with Crippen LogP contribution in [0.3, 0.4) is 0 Å². The third kappa shape index (κ3) is 3.30. The quantitative estimate of drug-likeness (QED) is 0.400. The predicted octanol–water partition coefficient (Wildman–Crippen LogP) is 1.42. The zero-order valence-corrected chi connectivity index (χ0v) is 13.9. The average Bonchev–Trinajstić information content (AvgIpc) is 3.12. The Morgan fingerprint density at radius 3 is 2.81 bits per heavy atom. The molecule has 10 heteroatoms. The first-order valence-corrected chi connectivity index (χ1v) is 7.53. The van der Waals surface area contributed by atoms with E-state index in [1.807, 2.05) is 0 Å². The van der Waals surface area contributed by atoms with Crippen molar-refractivity contribution in [3.8, 4) is 0 Å². The number of aliphatic hydroxyl groups is 1. The number of nitrogens with one attached hydrogen (secondary N) is 1. The lowest BCUT2D eigenvalue weighted by Crippen LogP contribution is -2.27. The molecule has 0 amide bonds. The van der Waals surface area contributed by atoms with Gasteiger partial charge in [0.15, 0.2) is 11.8 Å². The number of aromatic amines is 1. The molecule has 26 heavy (non-hydrogen) atoms. The van der Waals surface area contributed by atoms with Gasteiger partial charge in [0.05, 0.1) is 22.2 Å². The number of fused-ring (bicyclic) bond motifs is 1. The first-order valence-electron chi connectivity index (χ1n) is 7.53. The third-order valence-electron chi connectivity index (χ3n) is 3.51. The van der Waals surface area contributed by atoms with Gasteiger partial charge < -0.3 is 19.5 Å². The van der Waals surface area contributed by atoms with Gasteiger partial charge in [-0.25, -0.2) is 4.98 Å². The summed E-state index contributed by atoms with van der Waals surface area (Å²) in [5.41, 5.74) is -0.381. The van der Waals surface area contributed by atoms with E-state index >= 15 is 0 Å². The Kier molecular flexibility index (Phi) is 4.50. The minimum absolute atomic E-state index is 0.00791. The van der Waals surface area contributed by atoms with Gasteiger partial charge >= 0.3 is 0 Å². The summed E-state index contributed by atoms with van der Waals surface area (Å²) in [6.07, 6.45) is 0.0831. The smallest absolute Gasteiger partial charge is 0.276 e. The van der Waals surface area contributed by atoms with Crippen LogP contribution in [0.4, 0.5) is 5.69 Å². The summed E-state index contributed by atoms with van der Waals surface area (Å²) < 4.78 is 5.18. The Hall–Kier alpha value is -3.53. The van der Waals surface area contributed by atoms with Crippen LogP contribution in [0, 0.1) is 10.1 Å². The maximum Gasteiger partial charge on any atom is 0.276 e. The third-order valence-corrected chi connectivity index (χ3v) is 3.51. The SMILES string of the molecule is CN(C)N=C(c1nc2ccc([N+](=O)[O-])cc2[nH]c1=O)C(O)c1ccco1. The molecule has 0 aliphatic heterocycles. The number of furan rings is 1. The summed E-state index contributed by atoms with van der Waals surface area (Å²) >= 11 is 0. The highest BCUT2D eigenvalue weighted by Gasteiger charge is 2.25. The topological polar surface area (TPSA) is 138 Å². The molecule has 3 rings (SSSR count). The molecule has 1 aromatic carbocycles. The molecule has 0 radical (unpaired) electrons. The van der Waals surface area contributed by atoms with E-state index in [2.05, 4.69) is 15.1 Å². The molecule has 3 aromatic rings. The molecule has 1 unspecified atom stereocenters. The summed E-state index contributed by atoms with van der Waals surface area (Å²) in [7, 11) is 3.26. The fourth-order valence-electron chi connectivity index (χ4n) is 2.39. The lowest BCUT2D eigenvalue weighted by molar-refractivity contribution is -0.384. The molecule has 0 spiro atoms. The second-order valence-electron chi connectivity index (χ2n) is 5.62. The molecule has 2 aromatic heterocycles. The Morgan fingerprint density at radius 1 is 1.42 bits per heavy atom. The maximum atomic E-state index is 12.5. The van der Waals surface area contributed by atoms with Crippen molar-refractivity contribution in [1.82, 2.24) is 15.0 Å². The Morgan fingerprint density at radius 2 is 2.19 bits per heavy atom. The minimum Gasteiger partial charge on any atom is -0.466 e. The van der Waals surface area contributed by atoms with Crippen LogP contribution in [0.25, 0.3) is 11.0 Å². The van der Waals surface area contributed by atoms with Crippen LogP contribution in [-0.4, -0.2) is 44.8 Å². The number of nitro benzene ring substituents is 1. The highest BCUT2D eigenvalue weighted by atomic mass is 16.6. The standard InChI is InChI=1S/C16H15N5O5/c1-20(2)19-13(15(22)12-4-3-7-26-12)14-16(23)18-11-8-9(21(24)25)5-6-10(11)17-14/h3-8,15,22H,1-2H3,(H,18,23). The second-order valence-corrected chi connectivity index (χ2v) is 5.62. The molecule has 0 aliphatic carbocycles. The van der Waals surface area contributed by atoms with Crippen molar-refractivity contribution in [2.45, 2.75) is 6.10 Å². The van der Waals surface area contributed by atoms with E-state index in [0.29, 0.717) is 5.52 Å². The molecule has 2 N–H and O–H groups in total. The molecule has 0 bridgehead atoms. The molecular formula is C16H15N5O5. The first kappa shape index (κ1) is 17.3. The fraction of sp³-hybridized carbons (Fsp3) is 0.188. The molecule has 0 aliphatic rings. The zero-order chi connectivity index (χ0) is 18.8. The average molecular weight is 357 g/mol. The summed E-state index contributed by atoms with van der Waals surface area (Å²) in [6, 6.07) is 7.07. The predicted molar refractivity (Wildman–Crippen MR) is 92.9 cm³/mol. The number of nitro groups is 1. The number of aliphatic hydroxyl groups excluding tert-OH is 1. The highest BCUT2D eigenvalue weighted by Crippen LogP contribution is 2.20. The molecule has 0 saturated carbocycles. The fourth-order valence-corrected chi connectivity index (χ4v) is 2.39. The van der Waals surface area contributed by atoms with Crippen LogP contribution >= 0.6 is 0 Å². The van der Waals surface area contributed by atoms with E-state index in [4.69, 9.17) is 4.42 Å². The van der Waals surface area contributed by atoms with Crippen LogP contribution < -0.4 is 5.56 Å². The number of aromatic nitrogens is 2. The van der Waals surface area contributed by atoms with Crippen molar-refractivity contribution in [3.63, 3.8) is 0 Å². The van der Waals surface area contributed by atoms with E-state index in [1.54, 1.807) is 26.2 Å². The van der Waals surface area contributed by atoms with Gasteiger partial charge in [-0.2, -0.15) is 5.10 Å². The Balaban J connectivity index is 2.16. The number of hydrazone groups is 1. The second kappa shape index (κ2) is 6.76. The van der Waals surface area contributed by atoms with E-state index < -0.39 is 16.6 Å². The number of H-pyrrole nitrogens is 1. The van der Waals surface area contributed by atoms with Crippen LogP contribution in [0.15, 0.2) is 50.9 Å². The number of hydrogen-bond donors (Lipinski definition) is 2. The Labute approximate surface area is 146 Å². The Bertz CT molecular complexity index is 1040. The number of benzene rings is 1. The summed E-state index contributed by atoms with van der Waals surface area (Å²) in [5, 5.41) is 27.0. The highest BCUT2D eigenvalue weighted by molar-refractivity contribution is 6.03. The lowest BCUT2D eigenvalue weighted by Gasteiger charge is -2.14. The largest absolute Gasteiger partial charge is 0.466 e. The van der Waals surface area contributed by atoms with Gasteiger partial charge in [0, 0.05) is 26.2 Å². The van der Waals surface area contributed by atoms with Gasteiger partial charge in [0.25, 0.3) is 11.2 Å². The minimum atomic E-state index is -1.31. The van der Waals surface area contributed by atoms with E-state index in [1.165, 1.54) is 29.5 Å². The monoisotopic (exact) mass is 357 g/mol. The maximum absolute atomic E-state index is 12.5. The molecule has 1 atom stereocenters. The number of hydrogen-bond acceptors (Lipinski definition) is 8. The normalized spacial score (nSPS) is 13.0. The summed E-state index contributed by atoms with van der Waals surface area (Å²) in [6.45, 7) is 0. The van der Waals surface area contributed by atoms with Crippen molar-refractivity contribution in [2.75, 3.05) is 14.1 Å². The van der Waals surface area contributed by atoms with Crippen molar-refractivity contribution in [2.24, 2.45) is 5.10 Å². The number of non-ortho nitro benzene ring substituents is 1. The van der Waals surface area contributed by atoms with Crippen molar-refractivity contribution in [1.29, 1.82) is 0 Å². The van der Waals surface area contributed by atoms with Gasteiger partial charge in [-0.3, -0.25) is 14.9 Å². The zero-order valence-electron chi connectivity index (χ0n) is 13.9. The summed E-state index contributed by atoms with van der Waals surface area (Å²) in [5.74, 6) is 0.204. The van der Waals surface area contributed by atoms with E-state index in [0.717, 1.165) is 0 Å². The lowest BCUT2D eigenvalue weighted by atomic mass is 10.1. The van der Waals surface area contributed by atoms with Crippen molar-refractivity contribution < 1.29 is 14.4 Å². The molecule has 2 heterocycles. The molecule has 10 nitrogen and oxygen atoms in total. The molecule has 134 valence electrons. The van der Waals surface area contributed by atoms with Crippen LogP contribution in [0.2, 0.25) is 0 Å². The molecule has 0 saturated heterocycles. The number of rotatable bonds is 5. The van der Waals surface area contributed by atoms with E-state index in [-0.39, 0.29) is 28.4 Å². The summed E-state index contributed by atoms with van der Waals surface area (Å²) in [4.78, 5) is 29.6. The van der Waals surface area contributed by atoms with Gasteiger partial charge in [0.1, 0.15) is 11.5 Å². The molecule has 0 fully saturated rings. The van der Waals surface area contributed by atoms with Gasteiger partial charge in [0.2, 0.25) is 0 Å². The van der Waals surface area contributed by atoms with Crippen LogP contribution in [0.5, 0.6) is 0 Å². The van der Waals surface area contributed by atoms with Gasteiger partial charge in [-0.05, 0) is 18.2 Å². The number of nitrogens with zero attached hydrogens (tertiary/aromatic N) is 4. The van der Waals surface area contributed by atoms with Gasteiger partial charge in [-0.1, -0.05) is 0 Å². The van der Waals surface area contributed by atoms with Crippen molar-refractivity contribution in [3.05, 3.63) is 68.5 Å². The van der Waals surface area contributed by atoms with Crippen LogP contribution in [0.1, 0.15) is 17.6 Å². The van der Waals surface area contributed by atoms with E-state index in [9.17, 15) is 20.0 Å². The van der Waals surface area contributed by atoms with Gasteiger partial charge in [-0.15, -0.1) is 0 Å². The first-order chi connectivity index (χ1) is 12.4. The van der Waals surface area contributed by atoms with Crippen molar-refractivity contribution >= 4 is 22.4 Å². The molecular weight excluding hydrogens is 342 g/mol.